The van der Waals surface area contributed by atoms with Crippen LogP contribution in [0.1, 0.15) is 55.9 Å². The zero-order chi connectivity index (χ0) is 17.2. The van der Waals surface area contributed by atoms with Crippen LogP contribution in [0.4, 0.5) is 0 Å². The standard InChI is InChI=1S/C19H25N3OS2/c1-12-6-2-4-8-14(12)22-16(23)10-24-18-17-13-7-3-5-9-15(13)25-19(17)21-11-20-18/h11-12,14H,2-10H2,1H3,(H,22,23). The third-order valence-electron chi connectivity index (χ3n) is 5.51. The van der Waals surface area contributed by atoms with Crippen LogP contribution >= 0.6 is 23.1 Å². The summed E-state index contributed by atoms with van der Waals surface area (Å²) in [4.78, 5) is 24.0. The Morgan fingerprint density at radius 2 is 2.08 bits per heavy atom. The number of carbonyl (C=O) groups excluding carboxylic acids is 1. The monoisotopic (exact) mass is 375 g/mol. The third-order valence-corrected chi connectivity index (χ3v) is 7.70. The lowest BCUT2D eigenvalue weighted by atomic mass is 9.86. The Morgan fingerprint density at radius 3 is 2.96 bits per heavy atom. The molecule has 0 spiro atoms. The number of aromatic nitrogens is 2. The Kier molecular flexibility index (Phi) is 5.27. The molecule has 0 saturated heterocycles. The summed E-state index contributed by atoms with van der Waals surface area (Å²) in [7, 11) is 0. The molecule has 2 atom stereocenters. The Morgan fingerprint density at radius 1 is 1.24 bits per heavy atom. The second kappa shape index (κ2) is 7.62. The van der Waals surface area contributed by atoms with Gasteiger partial charge in [0, 0.05) is 16.3 Å². The molecule has 2 unspecified atom stereocenters. The highest BCUT2D eigenvalue weighted by molar-refractivity contribution is 8.00. The van der Waals surface area contributed by atoms with E-state index in [9.17, 15) is 4.79 Å². The van der Waals surface area contributed by atoms with E-state index in [1.165, 1.54) is 54.4 Å². The van der Waals surface area contributed by atoms with E-state index < -0.39 is 0 Å². The number of hydrogen-bond donors (Lipinski definition) is 1. The van der Waals surface area contributed by atoms with Crippen molar-refractivity contribution in [3.63, 3.8) is 0 Å². The molecule has 25 heavy (non-hydrogen) atoms. The van der Waals surface area contributed by atoms with Gasteiger partial charge in [0.05, 0.1) is 5.75 Å². The van der Waals surface area contributed by atoms with Crippen LogP contribution in [0.5, 0.6) is 0 Å². The van der Waals surface area contributed by atoms with Crippen molar-refractivity contribution in [3.8, 4) is 0 Å². The van der Waals surface area contributed by atoms with Crippen molar-refractivity contribution < 1.29 is 4.79 Å². The van der Waals surface area contributed by atoms with Gasteiger partial charge in [0.15, 0.2) is 0 Å². The number of rotatable bonds is 4. The van der Waals surface area contributed by atoms with Gasteiger partial charge in [-0.3, -0.25) is 4.79 Å². The molecular formula is C19H25N3OS2. The van der Waals surface area contributed by atoms with Gasteiger partial charge in [-0.25, -0.2) is 9.97 Å². The predicted octanol–water partition coefficient (Wildman–Crippen LogP) is 4.36. The Hall–Kier alpha value is -1.14. The third kappa shape index (κ3) is 3.70. The SMILES string of the molecule is CC1CCCCC1NC(=O)CSc1ncnc2sc3c(c12)CCCC3. The average Bonchev–Trinajstić information content (AvgIpc) is 3.01. The minimum absolute atomic E-state index is 0.139. The van der Waals surface area contributed by atoms with E-state index in [1.807, 2.05) is 11.3 Å². The van der Waals surface area contributed by atoms with Gasteiger partial charge in [0.1, 0.15) is 16.2 Å². The van der Waals surface area contributed by atoms with Gasteiger partial charge in [-0.2, -0.15) is 0 Å². The van der Waals surface area contributed by atoms with Crippen LogP contribution in [0, 0.1) is 5.92 Å². The number of nitrogens with one attached hydrogen (secondary N) is 1. The molecule has 2 aromatic heterocycles. The maximum atomic E-state index is 12.4. The van der Waals surface area contributed by atoms with Crippen molar-refractivity contribution in [1.29, 1.82) is 0 Å². The van der Waals surface area contributed by atoms with Gasteiger partial charge < -0.3 is 5.32 Å². The van der Waals surface area contributed by atoms with Crippen molar-refractivity contribution in [2.75, 3.05) is 5.75 Å². The van der Waals surface area contributed by atoms with Gasteiger partial charge in [0.25, 0.3) is 0 Å². The van der Waals surface area contributed by atoms with Gasteiger partial charge in [-0.05, 0) is 50.0 Å². The maximum Gasteiger partial charge on any atom is 0.230 e. The molecule has 4 nitrogen and oxygen atoms in total. The average molecular weight is 376 g/mol. The Labute approximate surface area is 157 Å². The number of thioether (sulfide) groups is 1. The lowest BCUT2D eigenvalue weighted by Crippen LogP contribution is -2.41. The molecule has 4 rings (SSSR count). The number of thiophene rings is 1. The van der Waals surface area contributed by atoms with Crippen molar-refractivity contribution in [1.82, 2.24) is 15.3 Å². The summed E-state index contributed by atoms with van der Waals surface area (Å²) in [5.74, 6) is 1.18. The number of nitrogens with zero attached hydrogens (tertiary/aromatic N) is 2. The number of hydrogen-bond acceptors (Lipinski definition) is 5. The van der Waals surface area contributed by atoms with Crippen molar-refractivity contribution in [2.24, 2.45) is 5.92 Å². The van der Waals surface area contributed by atoms with Crippen molar-refractivity contribution in [2.45, 2.75) is 69.4 Å². The fourth-order valence-electron chi connectivity index (χ4n) is 4.08. The van der Waals surface area contributed by atoms with Crippen LogP contribution in [0.2, 0.25) is 0 Å². The van der Waals surface area contributed by atoms with E-state index in [1.54, 1.807) is 18.1 Å². The lowest BCUT2D eigenvalue weighted by molar-refractivity contribution is -0.119. The van der Waals surface area contributed by atoms with E-state index in [0.29, 0.717) is 17.7 Å². The predicted molar refractivity (Wildman–Crippen MR) is 104 cm³/mol. The quantitative estimate of drug-likeness (QED) is 0.637. The molecule has 2 heterocycles. The second-order valence-corrected chi connectivity index (χ2v) is 9.34. The van der Waals surface area contributed by atoms with Gasteiger partial charge in [-0.1, -0.05) is 31.5 Å². The molecular weight excluding hydrogens is 350 g/mol. The minimum Gasteiger partial charge on any atom is -0.352 e. The molecule has 0 aromatic carbocycles. The number of amides is 1. The summed E-state index contributed by atoms with van der Waals surface area (Å²) in [6.45, 7) is 2.25. The normalized spacial score (nSPS) is 23.4. The van der Waals surface area contributed by atoms with Gasteiger partial charge in [-0.15, -0.1) is 11.3 Å². The van der Waals surface area contributed by atoms with Crippen LogP contribution in [0.25, 0.3) is 10.2 Å². The lowest BCUT2D eigenvalue weighted by Gasteiger charge is -2.29. The first kappa shape index (κ1) is 17.3. The van der Waals surface area contributed by atoms with E-state index in [2.05, 4.69) is 22.2 Å². The van der Waals surface area contributed by atoms with Crippen LogP contribution in [0.15, 0.2) is 11.4 Å². The van der Waals surface area contributed by atoms with Crippen LogP contribution in [0.3, 0.4) is 0 Å². The fraction of sp³-hybridized carbons (Fsp3) is 0.632. The molecule has 0 aliphatic heterocycles. The summed E-state index contributed by atoms with van der Waals surface area (Å²) in [5, 5.41) is 5.44. The first-order valence-electron chi connectivity index (χ1n) is 9.40. The summed E-state index contributed by atoms with van der Waals surface area (Å²) >= 11 is 3.38. The largest absolute Gasteiger partial charge is 0.352 e. The molecule has 2 aliphatic rings. The molecule has 6 heteroatoms. The molecule has 0 bridgehead atoms. The zero-order valence-corrected chi connectivity index (χ0v) is 16.3. The number of carbonyl (C=O) groups is 1. The first-order chi connectivity index (χ1) is 12.2. The highest BCUT2D eigenvalue weighted by atomic mass is 32.2. The molecule has 0 radical (unpaired) electrons. The Bertz CT molecular complexity index is 773. The van der Waals surface area contributed by atoms with Gasteiger partial charge >= 0.3 is 0 Å². The summed E-state index contributed by atoms with van der Waals surface area (Å²) in [6, 6.07) is 0.348. The van der Waals surface area contributed by atoms with E-state index in [0.717, 1.165) is 22.7 Å². The van der Waals surface area contributed by atoms with Crippen molar-refractivity contribution >= 4 is 39.2 Å². The van der Waals surface area contributed by atoms with Crippen LogP contribution in [-0.2, 0) is 17.6 Å². The molecule has 2 aliphatic carbocycles. The van der Waals surface area contributed by atoms with E-state index in [-0.39, 0.29) is 5.91 Å². The fourth-order valence-corrected chi connectivity index (χ4v) is 6.21. The summed E-state index contributed by atoms with van der Waals surface area (Å²) < 4.78 is 0. The van der Waals surface area contributed by atoms with E-state index in [4.69, 9.17) is 0 Å². The van der Waals surface area contributed by atoms with Crippen molar-refractivity contribution in [3.05, 3.63) is 16.8 Å². The second-order valence-electron chi connectivity index (χ2n) is 7.29. The molecule has 1 amide bonds. The highest BCUT2D eigenvalue weighted by Gasteiger charge is 2.24. The Balaban J connectivity index is 1.46. The summed E-state index contributed by atoms with van der Waals surface area (Å²) in [6.07, 6.45) is 11.3. The smallest absolute Gasteiger partial charge is 0.230 e. The van der Waals surface area contributed by atoms with Gasteiger partial charge in [0.2, 0.25) is 5.91 Å². The van der Waals surface area contributed by atoms with Crippen LogP contribution in [-0.4, -0.2) is 27.7 Å². The van der Waals surface area contributed by atoms with Crippen LogP contribution < -0.4 is 5.32 Å². The van der Waals surface area contributed by atoms with E-state index >= 15 is 0 Å². The first-order valence-corrected chi connectivity index (χ1v) is 11.2. The molecule has 1 N–H and O–H groups in total. The topological polar surface area (TPSA) is 54.9 Å². The number of fused-ring (bicyclic) bond motifs is 3. The molecule has 134 valence electrons. The highest BCUT2D eigenvalue weighted by Crippen LogP contribution is 2.39. The minimum atomic E-state index is 0.139. The summed E-state index contributed by atoms with van der Waals surface area (Å²) in [5.41, 5.74) is 1.44. The number of aryl methyl sites for hydroxylation is 2. The molecule has 2 aromatic rings. The molecule has 1 saturated carbocycles. The maximum absolute atomic E-state index is 12.4. The molecule has 1 fully saturated rings. The zero-order valence-electron chi connectivity index (χ0n) is 14.7.